The first-order valence-electron chi connectivity index (χ1n) is 8.10. The second kappa shape index (κ2) is 7.23. The lowest BCUT2D eigenvalue weighted by Gasteiger charge is -2.43. The molecule has 0 amide bonds. The zero-order chi connectivity index (χ0) is 15.5. The molecular formula is C18H27BrFN. The summed E-state index contributed by atoms with van der Waals surface area (Å²) in [5.41, 5.74) is 1.45. The maximum atomic E-state index is 13.6. The molecule has 0 spiro atoms. The first-order valence-corrected chi connectivity index (χ1v) is 8.90. The van der Waals surface area contributed by atoms with Crippen molar-refractivity contribution in [1.82, 2.24) is 5.32 Å². The maximum Gasteiger partial charge on any atom is 0.124 e. The van der Waals surface area contributed by atoms with Crippen LogP contribution in [-0.4, -0.2) is 12.6 Å². The van der Waals surface area contributed by atoms with E-state index in [1.807, 2.05) is 6.07 Å². The fraction of sp³-hybridized carbons (Fsp3) is 0.667. The zero-order valence-electron chi connectivity index (χ0n) is 13.4. The molecule has 21 heavy (non-hydrogen) atoms. The van der Waals surface area contributed by atoms with Crippen LogP contribution < -0.4 is 5.32 Å². The van der Waals surface area contributed by atoms with Crippen molar-refractivity contribution in [3.8, 4) is 0 Å². The van der Waals surface area contributed by atoms with E-state index in [0.29, 0.717) is 17.4 Å². The molecule has 118 valence electrons. The molecule has 2 atom stereocenters. The third-order valence-electron chi connectivity index (χ3n) is 4.92. The molecule has 0 aromatic heterocycles. The van der Waals surface area contributed by atoms with Crippen LogP contribution in [0.3, 0.4) is 0 Å². The van der Waals surface area contributed by atoms with Gasteiger partial charge in [-0.1, -0.05) is 49.5 Å². The summed E-state index contributed by atoms with van der Waals surface area (Å²) in [4.78, 5) is 0. The predicted octanol–water partition coefficient (Wildman–Crippen LogP) is 5.33. The molecule has 1 nitrogen and oxygen atoms in total. The summed E-state index contributed by atoms with van der Waals surface area (Å²) < 4.78 is 14.4. The lowest BCUT2D eigenvalue weighted by molar-refractivity contribution is 0.0987. The first kappa shape index (κ1) is 17.0. The van der Waals surface area contributed by atoms with Crippen LogP contribution in [-0.2, 0) is 6.42 Å². The molecule has 1 aromatic rings. The fourth-order valence-corrected chi connectivity index (χ4v) is 4.38. The number of hydrogen-bond acceptors (Lipinski definition) is 1. The Balaban J connectivity index is 2.18. The van der Waals surface area contributed by atoms with E-state index in [4.69, 9.17) is 0 Å². The van der Waals surface area contributed by atoms with E-state index in [9.17, 15) is 4.39 Å². The van der Waals surface area contributed by atoms with Crippen molar-refractivity contribution in [3.05, 3.63) is 34.1 Å². The number of likely N-dealkylation sites (N-methyl/N-ethyl adjacent to an activating group) is 1. The molecule has 0 heterocycles. The number of halogens is 2. The van der Waals surface area contributed by atoms with Crippen molar-refractivity contribution in [2.24, 2.45) is 11.3 Å². The molecule has 1 saturated carbocycles. The molecule has 2 rings (SSSR count). The van der Waals surface area contributed by atoms with E-state index in [1.54, 1.807) is 6.07 Å². The molecule has 1 aromatic carbocycles. The number of hydrogen-bond donors (Lipinski definition) is 1. The van der Waals surface area contributed by atoms with E-state index in [1.165, 1.54) is 31.7 Å². The van der Waals surface area contributed by atoms with Gasteiger partial charge in [0.1, 0.15) is 5.82 Å². The highest BCUT2D eigenvalue weighted by Gasteiger charge is 2.37. The molecule has 1 fully saturated rings. The van der Waals surface area contributed by atoms with Crippen LogP contribution in [0.15, 0.2) is 22.7 Å². The van der Waals surface area contributed by atoms with Crippen molar-refractivity contribution in [3.63, 3.8) is 0 Å². The minimum Gasteiger partial charge on any atom is -0.314 e. The van der Waals surface area contributed by atoms with Gasteiger partial charge >= 0.3 is 0 Å². The van der Waals surface area contributed by atoms with Crippen LogP contribution in [0.1, 0.15) is 52.0 Å². The van der Waals surface area contributed by atoms with Gasteiger partial charge in [-0.15, -0.1) is 0 Å². The topological polar surface area (TPSA) is 12.0 Å². The molecule has 3 heteroatoms. The van der Waals surface area contributed by atoms with Crippen LogP contribution in [0.2, 0.25) is 0 Å². The SMILES string of the molecule is CCNC(Cc1cc(F)cc(Br)c1)C1CCCCC1(C)C. The lowest BCUT2D eigenvalue weighted by Crippen LogP contribution is -2.46. The van der Waals surface area contributed by atoms with Gasteiger partial charge in [-0.25, -0.2) is 4.39 Å². The lowest BCUT2D eigenvalue weighted by atomic mass is 9.65. The van der Waals surface area contributed by atoms with Gasteiger partial charge in [0.15, 0.2) is 0 Å². The summed E-state index contributed by atoms with van der Waals surface area (Å²) in [7, 11) is 0. The Bertz CT molecular complexity index is 452. The molecule has 0 aliphatic heterocycles. The quantitative estimate of drug-likeness (QED) is 0.752. The van der Waals surface area contributed by atoms with E-state index < -0.39 is 0 Å². The van der Waals surface area contributed by atoms with Crippen LogP contribution in [0.25, 0.3) is 0 Å². The van der Waals surface area contributed by atoms with Crippen molar-refractivity contribution >= 4 is 15.9 Å². The van der Waals surface area contributed by atoms with Gasteiger partial charge in [0.2, 0.25) is 0 Å². The average Bonchev–Trinajstić information content (AvgIpc) is 2.36. The number of rotatable bonds is 5. The predicted molar refractivity (Wildman–Crippen MR) is 91.0 cm³/mol. The fourth-order valence-electron chi connectivity index (χ4n) is 3.87. The van der Waals surface area contributed by atoms with Gasteiger partial charge in [0.25, 0.3) is 0 Å². The summed E-state index contributed by atoms with van der Waals surface area (Å²) in [5, 5.41) is 3.66. The monoisotopic (exact) mass is 355 g/mol. The summed E-state index contributed by atoms with van der Waals surface area (Å²) in [5.74, 6) is 0.505. The van der Waals surface area contributed by atoms with Gasteiger partial charge < -0.3 is 5.32 Å². The Hall–Kier alpha value is -0.410. The Morgan fingerprint density at radius 1 is 1.33 bits per heavy atom. The van der Waals surface area contributed by atoms with E-state index in [-0.39, 0.29) is 5.82 Å². The Morgan fingerprint density at radius 2 is 2.10 bits per heavy atom. The Labute approximate surface area is 136 Å². The maximum absolute atomic E-state index is 13.6. The third kappa shape index (κ3) is 4.53. The van der Waals surface area contributed by atoms with Crippen LogP contribution in [0, 0.1) is 17.2 Å². The second-order valence-corrected chi connectivity index (χ2v) is 7.90. The van der Waals surface area contributed by atoms with Gasteiger partial charge in [0, 0.05) is 10.5 Å². The summed E-state index contributed by atoms with van der Waals surface area (Å²) in [6.45, 7) is 7.91. The average molecular weight is 356 g/mol. The van der Waals surface area contributed by atoms with Crippen LogP contribution in [0.4, 0.5) is 4.39 Å². The standard InChI is InChI=1S/C18H27BrFN/c1-4-21-17(16-7-5-6-8-18(16,2)3)11-13-9-14(19)12-15(20)10-13/h9-10,12,16-17,21H,4-8,11H2,1-3H3. The third-order valence-corrected chi connectivity index (χ3v) is 5.38. The first-order chi connectivity index (χ1) is 9.92. The normalized spacial score (nSPS) is 23.0. The number of nitrogens with one attached hydrogen (secondary N) is 1. The van der Waals surface area contributed by atoms with Crippen LogP contribution >= 0.6 is 15.9 Å². The highest BCUT2D eigenvalue weighted by atomic mass is 79.9. The van der Waals surface area contributed by atoms with Gasteiger partial charge in [-0.3, -0.25) is 0 Å². The van der Waals surface area contributed by atoms with Gasteiger partial charge in [-0.2, -0.15) is 0 Å². The van der Waals surface area contributed by atoms with Crippen molar-refractivity contribution < 1.29 is 4.39 Å². The smallest absolute Gasteiger partial charge is 0.124 e. The molecule has 0 radical (unpaired) electrons. The van der Waals surface area contributed by atoms with Crippen LogP contribution in [0.5, 0.6) is 0 Å². The van der Waals surface area contributed by atoms with Crippen molar-refractivity contribution in [2.45, 2.75) is 58.9 Å². The minimum absolute atomic E-state index is 0.155. The van der Waals surface area contributed by atoms with Crippen molar-refractivity contribution in [2.75, 3.05) is 6.54 Å². The molecule has 1 aliphatic carbocycles. The van der Waals surface area contributed by atoms with Gasteiger partial charge in [0.05, 0.1) is 0 Å². The van der Waals surface area contributed by atoms with Gasteiger partial charge in [-0.05, 0) is 60.9 Å². The van der Waals surface area contributed by atoms with E-state index >= 15 is 0 Å². The van der Waals surface area contributed by atoms with E-state index in [0.717, 1.165) is 23.0 Å². The van der Waals surface area contributed by atoms with Crippen molar-refractivity contribution in [1.29, 1.82) is 0 Å². The second-order valence-electron chi connectivity index (χ2n) is 6.99. The summed E-state index contributed by atoms with van der Waals surface area (Å²) in [6.07, 6.45) is 6.14. The van der Waals surface area contributed by atoms with E-state index in [2.05, 4.69) is 42.0 Å². The molecule has 1 N–H and O–H groups in total. The Morgan fingerprint density at radius 3 is 2.71 bits per heavy atom. The highest BCUT2D eigenvalue weighted by molar-refractivity contribution is 9.10. The Kier molecular flexibility index (Phi) is 5.84. The summed E-state index contributed by atoms with van der Waals surface area (Å²) >= 11 is 3.40. The highest BCUT2D eigenvalue weighted by Crippen LogP contribution is 2.43. The number of benzene rings is 1. The summed E-state index contributed by atoms with van der Waals surface area (Å²) in [6, 6.07) is 5.67. The molecule has 0 saturated heterocycles. The molecule has 1 aliphatic rings. The minimum atomic E-state index is -0.155. The zero-order valence-corrected chi connectivity index (χ0v) is 15.0. The molecular weight excluding hydrogens is 329 g/mol. The largest absolute Gasteiger partial charge is 0.314 e. The molecule has 2 unspecified atom stereocenters. The molecule has 0 bridgehead atoms.